The number of amides is 2. The summed E-state index contributed by atoms with van der Waals surface area (Å²) >= 11 is 0. The molecule has 0 aliphatic rings. The number of hydrogen-bond donors (Lipinski definition) is 2. The number of nitrogens with one attached hydrogen (secondary N) is 2. The third-order valence-corrected chi connectivity index (χ3v) is 4.16. The van der Waals surface area contributed by atoms with Crippen LogP contribution in [-0.2, 0) is 4.79 Å². The van der Waals surface area contributed by atoms with Gasteiger partial charge in [0.25, 0.3) is 5.91 Å². The van der Waals surface area contributed by atoms with Crippen LogP contribution in [0.25, 0.3) is 0 Å². The number of benzene rings is 2. The predicted octanol–water partition coefficient (Wildman–Crippen LogP) is 4.57. The molecule has 27 heavy (non-hydrogen) atoms. The summed E-state index contributed by atoms with van der Waals surface area (Å²) in [4.78, 5) is 24.3. The second kappa shape index (κ2) is 9.07. The van der Waals surface area contributed by atoms with Gasteiger partial charge in [0, 0.05) is 22.9 Å². The molecule has 2 N–H and O–H groups in total. The van der Waals surface area contributed by atoms with Crippen LogP contribution in [0.15, 0.2) is 54.7 Å². The van der Waals surface area contributed by atoms with Gasteiger partial charge < -0.3 is 10.6 Å². The number of anilines is 1. The van der Waals surface area contributed by atoms with Gasteiger partial charge in [-0.15, -0.1) is 0 Å². The molecule has 0 bridgehead atoms. The van der Waals surface area contributed by atoms with Gasteiger partial charge in [0.15, 0.2) is 0 Å². The number of hydrogen-bond acceptors (Lipinski definition) is 2. The largest absolute Gasteiger partial charge is 0.326 e. The first kappa shape index (κ1) is 20.3. The molecule has 2 aromatic carbocycles. The number of rotatable bonds is 7. The first-order chi connectivity index (χ1) is 12.8. The summed E-state index contributed by atoms with van der Waals surface area (Å²) in [6, 6.07) is 9.77. The van der Waals surface area contributed by atoms with E-state index in [1.54, 1.807) is 19.9 Å². The first-order valence-corrected chi connectivity index (χ1v) is 8.58. The Morgan fingerprint density at radius 2 is 1.78 bits per heavy atom. The van der Waals surface area contributed by atoms with Crippen LogP contribution in [0.5, 0.6) is 0 Å². The van der Waals surface area contributed by atoms with Crippen LogP contribution >= 0.6 is 0 Å². The summed E-state index contributed by atoms with van der Waals surface area (Å²) in [5.41, 5.74) is 1.64. The molecular weight excluding hydrogens is 350 g/mol. The van der Waals surface area contributed by atoms with Gasteiger partial charge in [-0.2, -0.15) is 0 Å². The van der Waals surface area contributed by atoms with Crippen molar-refractivity contribution in [3.8, 4) is 0 Å². The van der Waals surface area contributed by atoms with Crippen molar-refractivity contribution in [1.82, 2.24) is 5.32 Å². The number of aryl methyl sites for hydroxylation is 1. The highest BCUT2D eigenvalue weighted by Gasteiger charge is 2.15. The van der Waals surface area contributed by atoms with Gasteiger partial charge in [0.1, 0.15) is 11.6 Å². The molecule has 6 heteroatoms. The minimum absolute atomic E-state index is 0.207. The van der Waals surface area contributed by atoms with Gasteiger partial charge in [-0.1, -0.05) is 19.6 Å². The minimum Gasteiger partial charge on any atom is -0.326 e. The lowest BCUT2D eigenvalue weighted by Crippen LogP contribution is -2.24. The van der Waals surface area contributed by atoms with E-state index in [4.69, 9.17) is 0 Å². The lowest BCUT2D eigenvalue weighted by atomic mass is 10.0. The quantitative estimate of drug-likeness (QED) is 0.748. The van der Waals surface area contributed by atoms with Crippen molar-refractivity contribution in [2.24, 2.45) is 5.92 Å². The number of carbonyl (C=O) groups excluding carboxylic acids is 2. The normalized spacial score (nSPS) is 11.6. The average Bonchev–Trinajstić information content (AvgIpc) is 2.63. The summed E-state index contributed by atoms with van der Waals surface area (Å²) in [5.74, 6) is -1.80. The van der Waals surface area contributed by atoms with Crippen molar-refractivity contribution in [3.05, 3.63) is 77.5 Å². The van der Waals surface area contributed by atoms with E-state index in [9.17, 15) is 18.4 Å². The summed E-state index contributed by atoms with van der Waals surface area (Å²) < 4.78 is 26.4. The predicted molar refractivity (Wildman–Crippen MR) is 101 cm³/mol. The molecule has 2 rings (SSSR count). The Bertz CT molecular complexity index is 848. The molecule has 0 radical (unpaired) electrons. The van der Waals surface area contributed by atoms with Crippen LogP contribution in [0.1, 0.15) is 35.7 Å². The molecule has 0 saturated heterocycles. The minimum atomic E-state index is -0.445. The van der Waals surface area contributed by atoms with Gasteiger partial charge in [-0.05, 0) is 61.7 Å². The van der Waals surface area contributed by atoms with Crippen LogP contribution < -0.4 is 10.6 Å². The zero-order chi connectivity index (χ0) is 20.0. The molecule has 0 spiro atoms. The summed E-state index contributed by atoms with van der Waals surface area (Å²) in [7, 11) is 0. The third-order valence-electron chi connectivity index (χ3n) is 4.16. The molecule has 0 aromatic heterocycles. The number of carbonyl (C=O) groups is 2. The maximum atomic E-state index is 13.6. The van der Waals surface area contributed by atoms with Crippen LogP contribution in [0.4, 0.5) is 14.5 Å². The van der Waals surface area contributed by atoms with Crippen molar-refractivity contribution >= 4 is 17.5 Å². The maximum absolute atomic E-state index is 13.6. The van der Waals surface area contributed by atoms with E-state index in [1.165, 1.54) is 36.4 Å². The molecule has 0 aliphatic heterocycles. The van der Waals surface area contributed by atoms with Gasteiger partial charge in [0.2, 0.25) is 5.91 Å². The molecule has 2 aromatic rings. The monoisotopic (exact) mass is 372 g/mol. The van der Waals surface area contributed by atoms with E-state index < -0.39 is 11.7 Å². The lowest BCUT2D eigenvalue weighted by Gasteiger charge is -2.14. The van der Waals surface area contributed by atoms with Crippen molar-refractivity contribution < 1.29 is 18.4 Å². The molecule has 1 atom stereocenters. The van der Waals surface area contributed by atoms with Crippen LogP contribution in [-0.4, -0.2) is 11.8 Å². The second-order valence-corrected chi connectivity index (χ2v) is 6.46. The Kier molecular flexibility index (Phi) is 6.82. The van der Waals surface area contributed by atoms with E-state index in [0.717, 1.165) is 0 Å². The molecule has 0 aliphatic carbocycles. The summed E-state index contributed by atoms with van der Waals surface area (Å²) in [5, 5.41) is 5.33. The van der Waals surface area contributed by atoms with E-state index in [1.807, 2.05) is 0 Å². The summed E-state index contributed by atoms with van der Waals surface area (Å²) in [6.07, 6.45) is 0.868. The molecule has 2 amide bonds. The molecule has 142 valence electrons. The fourth-order valence-corrected chi connectivity index (χ4v) is 2.35. The Labute approximate surface area is 157 Å². The molecule has 0 unspecified atom stereocenters. The van der Waals surface area contributed by atoms with Gasteiger partial charge >= 0.3 is 0 Å². The van der Waals surface area contributed by atoms with Crippen LogP contribution in [0.2, 0.25) is 0 Å². The fourth-order valence-electron chi connectivity index (χ4n) is 2.35. The van der Waals surface area contributed by atoms with Gasteiger partial charge in [-0.3, -0.25) is 9.59 Å². The SMILES string of the molecule is C=C(CC[C@H](C)C(=O)Nc1ccc(F)cc1)NC(=O)c1ccc(C)c(F)c1. The molecular formula is C21H22F2N2O2. The van der Waals surface area contributed by atoms with E-state index in [2.05, 4.69) is 17.2 Å². The van der Waals surface area contributed by atoms with Crippen LogP contribution in [0.3, 0.4) is 0 Å². The lowest BCUT2D eigenvalue weighted by molar-refractivity contribution is -0.119. The Morgan fingerprint density at radius 1 is 1.11 bits per heavy atom. The van der Waals surface area contributed by atoms with Crippen molar-refractivity contribution in [3.63, 3.8) is 0 Å². The van der Waals surface area contributed by atoms with Crippen molar-refractivity contribution in [2.75, 3.05) is 5.32 Å². The highest BCUT2D eigenvalue weighted by atomic mass is 19.1. The summed E-state index contributed by atoms with van der Waals surface area (Å²) in [6.45, 7) is 7.16. The maximum Gasteiger partial charge on any atom is 0.255 e. The molecule has 0 saturated carbocycles. The smallest absolute Gasteiger partial charge is 0.255 e. The highest BCUT2D eigenvalue weighted by Crippen LogP contribution is 2.15. The Morgan fingerprint density at radius 3 is 2.41 bits per heavy atom. The molecule has 0 heterocycles. The van der Waals surface area contributed by atoms with Gasteiger partial charge in [0.05, 0.1) is 0 Å². The average molecular weight is 372 g/mol. The first-order valence-electron chi connectivity index (χ1n) is 8.58. The topological polar surface area (TPSA) is 58.2 Å². The number of allylic oxidation sites excluding steroid dienone is 1. The van der Waals surface area contributed by atoms with Crippen LogP contribution in [0, 0.1) is 24.5 Å². The fraction of sp³-hybridized carbons (Fsp3) is 0.238. The zero-order valence-corrected chi connectivity index (χ0v) is 15.3. The molecule has 4 nitrogen and oxygen atoms in total. The third kappa shape index (κ3) is 6.02. The van der Waals surface area contributed by atoms with E-state index in [0.29, 0.717) is 29.8 Å². The van der Waals surface area contributed by atoms with Crippen molar-refractivity contribution in [2.45, 2.75) is 26.7 Å². The van der Waals surface area contributed by atoms with Gasteiger partial charge in [-0.25, -0.2) is 8.78 Å². The van der Waals surface area contributed by atoms with Crippen molar-refractivity contribution in [1.29, 1.82) is 0 Å². The van der Waals surface area contributed by atoms with E-state index in [-0.39, 0.29) is 23.2 Å². The second-order valence-electron chi connectivity index (χ2n) is 6.46. The highest BCUT2D eigenvalue weighted by molar-refractivity contribution is 5.95. The molecule has 0 fully saturated rings. The Balaban J connectivity index is 1.81. The van der Waals surface area contributed by atoms with E-state index >= 15 is 0 Å². The number of halogens is 2. The zero-order valence-electron chi connectivity index (χ0n) is 15.3. The Hall–Kier alpha value is -3.02. The standard InChI is InChI=1S/C21H22F2N2O2/c1-13-5-7-16(12-19(13)23)21(27)24-15(3)6-4-14(2)20(26)25-18-10-8-17(22)9-11-18/h5,7-12,14H,3-4,6H2,1-2H3,(H,24,27)(H,25,26)/t14-/m0/s1.